The summed E-state index contributed by atoms with van der Waals surface area (Å²) in [5.41, 5.74) is 6.84. The second-order valence-electron chi connectivity index (χ2n) is 3.38. The second-order valence-corrected chi connectivity index (χ2v) is 3.38. The van der Waals surface area contributed by atoms with Crippen LogP contribution in [0.25, 0.3) is 11.4 Å². The fraction of sp³-hybridized carbons (Fsp3) is 0.167. The molecule has 0 spiro atoms. The molecule has 0 saturated heterocycles. The summed E-state index contributed by atoms with van der Waals surface area (Å²) >= 11 is 0. The Kier molecular flexibility index (Phi) is 3.09. The van der Waals surface area contributed by atoms with E-state index in [1.54, 1.807) is 26.6 Å². The van der Waals surface area contributed by atoms with Crippen LogP contribution in [0.1, 0.15) is 0 Å². The van der Waals surface area contributed by atoms with Crippen molar-refractivity contribution in [3.05, 3.63) is 30.6 Å². The molecule has 1 aromatic carbocycles. The topological polar surface area (TPSA) is 70.3 Å². The van der Waals surface area contributed by atoms with Gasteiger partial charge in [0.25, 0.3) is 0 Å². The smallest absolute Gasteiger partial charge is 0.171 e. The quantitative estimate of drug-likeness (QED) is 0.871. The van der Waals surface area contributed by atoms with Gasteiger partial charge in [-0.15, -0.1) is 0 Å². The van der Waals surface area contributed by atoms with Gasteiger partial charge < -0.3 is 15.2 Å². The fourth-order valence-corrected chi connectivity index (χ4v) is 1.54. The summed E-state index contributed by atoms with van der Waals surface area (Å²) < 4.78 is 10.5. The average Bonchev–Trinajstić information content (AvgIpc) is 2.38. The minimum atomic E-state index is 0.524. The van der Waals surface area contributed by atoms with E-state index in [0.717, 1.165) is 5.56 Å². The van der Waals surface area contributed by atoms with Crippen LogP contribution in [0.15, 0.2) is 30.6 Å². The lowest BCUT2D eigenvalue weighted by molar-refractivity contribution is 0.356. The van der Waals surface area contributed by atoms with Gasteiger partial charge in [-0.1, -0.05) is 6.07 Å². The van der Waals surface area contributed by atoms with Crippen LogP contribution in [0.5, 0.6) is 11.5 Å². The third-order valence-corrected chi connectivity index (χ3v) is 2.32. The van der Waals surface area contributed by atoms with E-state index in [1.807, 2.05) is 18.2 Å². The van der Waals surface area contributed by atoms with Crippen molar-refractivity contribution < 1.29 is 9.47 Å². The summed E-state index contributed by atoms with van der Waals surface area (Å²) in [4.78, 5) is 8.32. The van der Waals surface area contributed by atoms with Crippen LogP contribution in [-0.2, 0) is 0 Å². The second kappa shape index (κ2) is 4.69. The Bertz CT molecular complexity index is 512. The molecule has 0 amide bonds. The highest BCUT2D eigenvalue weighted by molar-refractivity contribution is 5.68. The van der Waals surface area contributed by atoms with E-state index in [0.29, 0.717) is 23.0 Å². The van der Waals surface area contributed by atoms with Gasteiger partial charge in [-0.25, -0.2) is 9.97 Å². The molecule has 1 heterocycles. The highest BCUT2D eigenvalue weighted by Gasteiger charge is 2.12. The number of aromatic nitrogens is 2. The van der Waals surface area contributed by atoms with Crippen molar-refractivity contribution in [1.82, 2.24) is 9.97 Å². The third-order valence-electron chi connectivity index (χ3n) is 2.32. The Morgan fingerprint density at radius 2 is 1.76 bits per heavy atom. The third kappa shape index (κ3) is 2.13. The number of nitrogens with zero attached hydrogens (tertiary/aromatic N) is 2. The summed E-state index contributed by atoms with van der Waals surface area (Å²) in [5.74, 6) is 1.81. The van der Waals surface area contributed by atoms with Crippen molar-refractivity contribution in [1.29, 1.82) is 0 Å². The Hall–Kier alpha value is -2.30. The monoisotopic (exact) mass is 231 g/mol. The Morgan fingerprint density at radius 3 is 2.35 bits per heavy atom. The number of anilines is 1. The van der Waals surface area contributed by atoms with Crippen molar-refractivity contribution in [2.75, 3.05) is 20.0 Å². The van der Waals surface area contributed by atoms with Crippen molar-refractivity contribution in [3.8, 4) is 22.9 Å². The number of ether oxygens (including phenoxy) is 2. The van der Waals surface area contributed by atoms with E-state index in [2.05, 4.69) is 9.97 Å². The number of hydrogen-bond donors (Lipinski definition) is 1. The zero-order valence-corrected chi connectivity index (χ0v) is 9.68. The maximum atomic E-state index is 5.55. The number of para-hydroxylation sites is 1. The van der Waals surface area contributed by atoms with Crippen molar-refractivity contribution in [2.45, 2.75) is 0 Å². The van der Waals surface area contributed by atoms with Crippen LogP contribution < -0.4 is 15.2 Å². The van der Waals surface area contributed by atoms with E-state index >= 15 is 0 Å². The van der Waals surface area contributed by atoms with E-state index in [9.17, 15) is 0 Å². The molecule has 0 bridgehead atoms. The molecule has 0 aliphatic carbocycles. The van der Waals surface area contributed by atoms with Crippen molar-refractivity contribution in [3.63, 3.8) is 0 Å². The predicted octanol–water partition coefficient (Wildman–Crippen LogP) is 1.74. The predicted molar refractivity (Wildman–Crippen MR) is 65.0 cm³/mol. The molecule has 17 heavy (non-hydrogen) atoms. The molecule has 0 radical (unpaired) electrons. The van der Waals surface area contributed by atoms with Crippen LogP contribution in [0.3, 0.4) is 0 Å². The van der Waals surface area contributed by atoms with Gasteiger partial charge >= 0.3 is 0 Å². The minimum Gasteiger partial charge on any atom is -0.493 e. The summed E-state index contributed by atoms with van der Waals surface area (Å²) in [5, 5.41) is 0. The zero-order chi connectivity index (χ0) is 12.3. The number of hydrogen-bond acceptors (Lipinski definition) is 5. The maximum absolute atomic E-state index is 5.55. The first-order valence-corrected chi connectivity index (χ1v) is 5.05. The first-order chi connectivity index (χ1) is 8.26. The van der Waals surface area contributed by atoms with Gasteiger partial charge in [0.05, 0.1) is 37.9 Å². The summed E-state index contributed by atoms with van der Waals surface area (Å²) in [6, 6.07) is 5.54. The molecular formula is C12H13N3O2. The molecule has 5 heteroatoms. The summed E-state index contributed by atoms with van der Waals surface area (Å²) in [6.07, 6.45) is 3.11. The first-order valence-electron chi connectivity index (χ1n) is 5.05. The van der Waals surface area contributed by atoms with Gasteiger partial charge in [0.1, 0.15) is 0 Å². The summed E-state index contributed by atoms with van der Waals surface area (Å²) in [7, 11) is 3.17. The van der Waals surface area contributed by atoms with Crippen LogP contribution in [0.2, 0.25) is 0 Å². The molecule has 1 aromatic heterocycles. The number of methoxy groups -OCH3 is 2. The van der Waals surface area contributed by atoms with Crippen LogP contribution in [-0.4, -0.2) is 24.2 Å². The van der Waals surface area contributed by atoms with Crippen LogP contribution in [0.4, 0.5) is 5.69 Å². The molecule has 88 valence electrons. The first kappa shape index (κ1) is 11.2. The summed E-state index contributed by atoms with van der Waals surface area (Å²) in [6.45, 7) is 0. The molecule has 2 rings (SSSR count). The van der Waals surface area contributed by atoms with Gasteiger partial charge in [0, 0.05) is 0 Å². The van der Waals surface area contributed by atoms with Gasteiger partial charge in [-0.2, -0.15) is 0 Å². The largest absolute Gasteiger partial charge is 0.493 e. The van der Waals surface area contributed by atoms with E-state index in [1.165, 1.54) is 0 Å². The van der Waals surface area contributed by atoms with Crippen LogP contribution in [0, 0.1) is 0 Å². The van der Waals surface area contributed by atoms with Gasteiger partial charge in [-0.05, 0) is 12.1 Å². The molecule has 0 saturated carbocycles. The highest BCUT2D eigenvalue weighted by Crippen LogP contribution is 2.35. The van der Waals surface area contributed by atoms with Gasteiger partial charge in [-0.3, -0.25) is 0 Å². The van der Waals surface area contributed by atoms with E-state index < -0.39 is 0 Å². The van der Waals surface area contributed by atoms with Crippen molar-refractivity contribution >= 4 is 5.69 Å². The van der Waals surface area contributed by atoms with E-state index in [4.69, 9.17) is 15.2 Å². The SMILES string of the molecule is COc1cccc(-c2ncc(N)cn2)c1OC. The molecule has 0 unspecified atom stereocenters. The Morgan fingerprint density at radius 1 is 1.06 bits per heavy atom. The lowest BCUT2D eigenvalue weighted by atomic mass is 10.1. The number of nitrogen functional groups attached to an aromatic ring is 1. The number of rotatable bonds is 3. The van der Waals surface area contributed by atoms with Gasteiger partial charge in [0.2, 0.25) is 0 Å². The number of benzene rings is 1. The molecule has 0 atom stereocenters. The normalized spacial score (nSPS) is 10.0. The average molecular weight is 231 g/mol. The van der Waals surface area contributed by atoms with Gasteiger partial charge in [0.15, 0.2) is 17.3 Å². The van der Waals surface area contributed by atoms with Crippen molar-refractivity contribution in [2.24, 2.45) is 0 Å². The number of nitrogens with two attached hydrogens (primary N) is 1. The molecule has 0 aliphatic heterocycles. The highest BCUT2D eigenvalue weighted by atomic mass is 16.5. The zero-order valence-electron chi connectivity index (χ0n) is 9.68. The molecule has 2 aromatic rings. The Labute approximate surface area is 99.2 Å². The molecule has 2 N–H and O–H groups in total. The van der Waals surface area contributed by atoms with Crippen LogP contribution >= 0.6 is 0 Å². The molecule has 0 aliphatic rings. The Balaban J connectivity index is 2.54. The fourth-order valence-electron chi connectivity index (χ4n) is 1.54. The minimum absolute atomic E-state index is 0.524. The molecule has 5 nitrogen and oxygen atoms in total. The lowest BCUT2D eigenvalue weighted by Crippen LogP contribution is -1.97. The molecule has 0 fully saturated rings. The van der Waals surface area contributed by atoms with E-state index in [-0.39, 0.29) is 0 Å². The lowest BCUT2D eigenvalue weighted by Gasteiger charge is -2.11. The standard InChI is InChI=1S/C12H13N3O2/c1-16-10-5-3-4-9(11(10)17-2)12-14-6-8(13)7-15-12/h3-7H,13H2,1-2H3. The maximum Gasteiger partial charge on any atom is 0.171 e. The molecular weight excluding hydrogens is 218 g/mol.